The highest BCUT2D eigenvalue weighted by Gasteiger charge is 2.36. The number of methoxy groups -OCH3 is 1. The van der Waals surface area contributed by atoms with Crippen LogP contribution < -0.4 is 0 Å². The highest BCUT2D eigenvalue weighted by atomic mass is 35.5. The molecule has 0 aliphatic rings. The number of hydrogen-bond acceptors (Lipinski definition) is 3. The number of thiophene rings is 1. The Balaban J connectivity index is 2.94. The fourth-order valence-corrected chi connectivity index (χ4v) is 2.93. The molecule has 1 N–H and O–H groups in total. The van der Waals surface area contributed by atoms with E-state index in [1.54, 1.807) is 13.2 Å². The lowest BCUT2D eigenvalue weighted by Crippen LogP contribution is -2.36. The average Bonchev–Trinajstić information content (AvgIpc) is 2.68. The van der Waals surface area contributed by atoms with Gasteiger partial charge in [-0.2, -0.15) is 0 Å². The van der Waals surface area contributed by atoms with Gasteiger partial charge in [0.25, 0.3) is 0 Å². The highest BCUT2D eigenvalue weighted by Crippen LogP contribution is 2.38. The van der Waals surface area contributed by atoms with Crippen LogP contribution >= 0.6 is 22.9 Å². The second-order valence-corrected chi connectivity index (χ2v) is 5.27. The Hall–Kier alpha value is -0.0900. The summed E-state index contributed by atoms with van der Waals surface area (Å²) in [6.45, 7) is 4.04. The average molecular weight is 249 g/mol. The minimum absolute atomic E-state index is 0.492. The van der Waals surface area contributed by atoms with Gasteiger partial charge in [-0.1, -0.05) is 25.4 Å². The lowest BCUT2D eigenvalue weighted by Gasteiger charge is -2.34. The van der Waals surface area contributed by atoms with E-state index in [2.05, 4.69) is 0 Å². The van der Waals surface area contributed by atoms with Gasteiger partial charge in [0.15, 0.2) is 0 Å². The first-order valence-corrected chi connectivity index (χ1v) is 6.27. The zero-order valence-corrected chi connectivity index (χ0v) is 10.9. The van der Waals surface area contributed by atoms with Gasteiger partial charge >= 0.3 is 0 Å². The van der Waals surface area contributed by atoms with Crippen molar-refractivity contribution in [1.29, 1.82) is 0 Å². The van der Waals surface area contributed by atoms with E-state index in [1.807, 2.05) is 19.9 Å². The summed E-state index contributed by atoms with van der Waals surface area (Å²) < 4.78 is 6.17. The molecule has 1 rings (SSSR count). The van der Waals surface area contributed by atoms with Crippen molar-refractivity contribution in [3.63, 3.8) is 0 Å². The van der Waals surface area contributed by atoms with Gasteiger partial charge in [0.05, 0.1) is 9.94 Å². The predicted molar refractivity (Wildman–Crippen MR) is 64.6 cm³/mol. The molecule has 0 aliphatic carbocycles. The molecular formula is C11H17ClO2S. The van der Waals surface area contributed by atoms with E-state index < -0.39 is 11.7 Å². The second-order valence-electron chi connectivity index (χ2n) is 3.52. The first-order chi connectivity index (χ1) is 7.09. The number of ether oxygens (including phenoxy) is 1. The Labute approximate surface area is 99.8 Å². The maximum atomic E-state index is 10.3. The van der Waals surface area contributed by atoms with E-state index in [0.29, 0.717) is 4.34 Å². The van der Waals surface area contributed by atoms with Gasteiger partial charge in [-0.3, -0.25) is 0 Å². The molecule has 86 valence electrons. The van der Waals surface area contributed by atoms with Crippen LogP contribution in [0.2, 0.25) is 4.34 Å². The molecule has 4 heteroatoms. The van der Waals surface area contributed by atoms with Crippen molar-refractivity contribution in [2.45, 2.75) is 38.4 Å². The second kappa shape index (κ2) is 5.30. The zero-order valence-electron chi connectivity index (χ0n) is 9.29. The van der Waals surface area contributed by atoms with Crippen LogP contribution in [0.5, 0.6) is 0 Å². The first kappa shape index (κ1) is 13.0. The fraction of sp³-hybridized carbons (Fsp3) is 0.636. The summed E-state index contributed by atoms with van der Waals surface area (Å²) in [6, 6.07) is 3.66. The predicted octanol–water partition coefficient (Wildman–Crippen LogP) is 3.64. The summed E-state index contributed by atoms with van der Waals surface area (Å²) in [5.74, 6) is 0. The van der Waals surface area contributed by atoms with Gasteiger partial charge < -0.3 is 9.84 Å². The van der Waals surface area contributed by atoms with Crippen LogP contribution in [0.3, 0.4) is 0 Å². The molecule has 0 radical (unpaired) electrons. The van der Waals surface area contributed by atoms with Crippen molar-refractivity contribution in [2.24, 2.45) is 0 Å². The summed E-state index contributed by atoms with van der Waals surface area (Å²) in [7, 11) is 1.64. The summed E-state index contributed by atoms with van der Waals surface area (Å²) in [6.07, 6.45) is 0.947. The van der Waals surface area contributed by atoms with Crippen LogP contribution in [0.4, 0.5) is 0 Å². The summed E-state index contributed by atoms with van der Waals surface area (Å²) >= 11 is 7.25. The van der Waals surface area contributed by atoms with Crippen molar-refractivity contribution < 1.29 is 9.84 Å². The number of rotatable bonds is 5. The Kier molecular flexibility index (Phi) is 4.59. The van der Waals surface area contributed by atoms with Crippen LogP contribution in [0, 0.1) is 0 Å². The number of hydrogen-bond donors (Lipinski definition) is 1. The summed E-state index contributed by atoms with van der Waals surface area (Å²) in [5.41, 5.74) is -0.492. The summed E-state index contributed by atoms with van der Waals surface area (Å²) in [4.78, 5) is 0.866. The minimum Gasteiger partial charge on any atom is -0.385 e. The SMILES string of the molecule is CCC(CC)(OC)C(O)c1ccc(Cl)s1. The van der Waals surface area contributed by atoms with Crippen molar-refractivity contribution in [2.75, 3.05) is 7.11 Å². The third-order valence-electron chi connectivity index (χ3n) is 2.97. The molecule has 1 atom stereocenters. The quantitative estimate of drug-likeness (QED) is 0.862. The van der Waals surface area contributed by atoms with E-state index in [4.69, 9.17) is 16.3 Å². The van der Waals surface area contributed by atoms with Gasteiger partial charge in [-0.25, -0.2) is 0 Å². The topological polar surface area (TPSA) is 29.5 Å². The number of halogens is 1. The molecule has 0 saturated carbocycles. The molecular weight excluding hydrogens is 232 g/mol. The normalized spacial score (nSPS) is 14.2. The van der Waals surface area contributed by atoms with Crippen LogP contribution in [0.1, 0.15) is 37.7 Å². The van der Waals surface area contributed by atoms with Crippen LogP contribution in [-0.4, -0.2) is 17.8 Å². The molecule has 0 saturated heterocycles. The standard InChI is InChI=1S/C11H17ClO2S/c1-4-11(5-2,14-3)10(13)8-6-7-9(12)15-8/h6-7,10,13H,4-5H2,1-3H3. The molecule has 0 aliphatic heterocycles. The first-order valence-electron chi connectivity index (χ1n) is 5.08. The highest BCUT2D eigenvalue weighted by molar-refractivity contribution is 7.16. The van der Waals surface area contributed by atoms with Crippen LogP contribution in [-0.2, 0) is 4.74 Å². The van der Waals surface area contributed by atoms with Gasteiger partial charge in [-0.05, 0) is 25.0 Å². The molecule has 1 heterocycles. The Morgan fingerprint density at radius 3 is 2.40 bits per heavy atom. The van der Waals surface area contributed by atoms with Crippen molar-refractivity contribution in [1.82, 2.24) is 0 Å². The van der Waals surface area contributed by atoms with Crippen LogP contribution in [0.15, 0.2) is 12.1 Å². The van der Waals surface area contributed by atoms with E-state index in [1.165, 1.54) is 11.3 Å². The lowest BCUT2D eigenvalue weighted by atomic mass is 9.89. The molecule has 15 heavy (non-hydrogen) atoms. The van der Waals surface area contributed by atoms with Crippen molar-refractivity contribution >= 4 is 22.9 Å². The Morgan fingerprint density at radius 1 is 1.47 bits per heavy atom. The maximum absolute atomic E-state index is 10.3. The Morgan fingerprint density at radius 2 is 2.07 bits per heavy atom. The zero-order chi connectivity index (χ0) is 11.5. The third kappa shape index (κ3) is 2.53. The monoisotopic (exact) mass is 248 g/mol. The lowest BCUT2D eigenvalue weighted by molar-refractivity contribution is -0.108. The molecule has 1 unspecified atom stereocenters. The van der Waals surface area contributed by atoms with Gasteiger partial charge in [0.1, 0.15) is 6.10 Å². The third-order valence-corrected chi connectivity index (χ3v) is 4.25. The smallest absolute Gasteiger partial charge is 0.117 e. The van der Waals surface area contributed by atoms with E-state index in [-0.39, 0.29) is 0 Å². The molecule has 0 fully saturated rings. The van der Waals surface area contributed by atoms with E-state index >= 15 is 0 Å². The molecule has 0 aromatic carbocycles. The Bertz CT molecular complexity index is 299. The minimum atomic E-state index is -0.602. The maximum Gasteiger partial charge on any atom is 0.117 e. The molecule has 0 spiro atoms. The van der Waals surface area contributed by atoms with Gasteiger partial charge in [0.2, 0.25) is 0 Å². The fourth-order valence-electron chi connectivity index (χ4n) is 1.77. The van der Waals surface area contributed by atoms with Gasteiger partial charge in [-0.15, -0.1) is 11.3 Å². The molecule has 2 nitrogen and oxygen atoms in total. The van der Waals surface area contributed by atoms with E-state index in [9.17, 15) is 5.11 Å². The number of aliphatic hydroxyl groups excluding tert-OH is 1. The molecule has 1 aromatic heterocycles. The van der Waals surface area contributed by atoms with Gasteiger partial charge in [0, 0.05) is 12.0 Å². The van der Waals surface area contributed by atoms with Crippen molar-refractivity contribution in [3.05, 3.63) is 21.3 Å². The molecule has 0 bridgehead atoms. The summed E-state index contributed by atoms with van der Waals surface area (Å²) in [5, 5.41) is 10.3. The van der Waals surface area contributed by atoms with E-state index in [0.717, 1.165) is 17.7 Å². The van der Waals surface area contributed by atoms with Crippen LogP contribution in [0.25, 0.3) is 0 Å². The number of aliphatic hydroxyl groups is 1. The van der Waals surface area contributed by atoms with Crippen molar-refractivity contribution in [3.8, 4) is 0 Å². The molecule has 0 amide bonds. The molecule has 1 aromatic rings. The largest absolute Gasteiger partial charge is 0.385 e.